The van der Waals surface area contributed by atoms with Gasteiger partial charge in [-0.3, -0.25) is 9.10 Å². The highest BCUT2D eigenvalue weighted by molar-refractivity contribution is 7.92. The topological polar surface area (TPSA) is 57.7 Å². The summed E-state index contributed by atoms with van der Waals surface area (Å²) in [6, 6.07) is 4.61. The number of hydrogen-bond donors (Lipinski definition) is 0. The van der Waals surface area contributed by atoms with Gasteiger partial charge in [-0.05, 0) is 12.1 Å². The Morgan fingerprint density at radius 1 is 1.26 bits per heavy atom. The van der Waals surface area contributed by atoms with E-state index in [0.717, 1.165) is 10.6 Å². The van der Waals surface area contributed by atoms with Crippen molar-refractivity contribution >= 4 is 44.8 Å². The van der Waals surface area contributed by atoms with Gasteiger partial charge in [0.15, 0.2) is 0 Å². The molecule has 0 atom stereocenters. The van der Waals surface area contributed by atoms with E-state index in [-0.39, 0.29) is 28.2 Å². The molecule has 0 aliphatic carbocycles. The summed E-state index contributed by atoms with van der Waals surface area (Å²) in [4.78, 5) is 13.0. The first-order chi connectivity index (χ1) is 8.64. The van der Waals surface area contributed by atoms with E-state index in [4.69, 9.17) is 23.2 Å². The van der Waals surface area contributed by atoms with Crippen molar-refractivity contribution in [2.24, 2.45) is 0 Å². The maximum Gasteiger partial charge on any atom is 0.242 e. The molecule has 0 spiro atoms. The number of sulfonamides is 1. The number of hydrogen-bond acceptors (Lipinski definition) is 3. The fourth-order valence-electron chi connectivity index (χ4n) is 1.33. The van der Waals surface area contributed by atoms with Crippen LogP contribution in [0.2, 0.25) is 10.0 Å². The second-order valence-corrected chi connectivity index (χ2v) is 6.82. The van der Waals surface area contributed by atoms with E-state index in [9.17, 15) is 13.2 Å². The first-order valence-corrected chi connectivity index (χ1v) is 7.87. The Balaban J connectivity index is 3.26. The molecule has 8 heteroatoms. The molecular formula is C11H14Cl2N2O3S. The van der Waals surface area contributed by atoms with Crippen molar-refractivity contribution in [3.05, 3.63) is 28.2 Å². The molecule has 5 nitrogen and oxygen atoms in total. The summed E-state index contributed by atoms with van der Waals surface area (Å²) in [6.07, 6.45) is 1.01. The van der Waals surface area contributed by atoms with E-state index >= 15 is 0 Å². The van der Waals surface area contributed by atoms with Crippen LogP contribution >= 0.6 is 23.2 Å². The molecule has 0 aliphatic rings. The fraction of sp³-hybridized carbons (Fsp3) is 0.364. The lowest BCUT2D eigenvalue weighted by molar-refractivity contribution is -0.127. The zero-order chi connectivity index (χ0) is 14.8. The fourth-order valence-corrected chi connectivity index (χ4v) is 2.63. The molecule has 0 unspecified atom stereocenters. The van der Waals surface area contributed by atoms with E-state index in [2.05, 4.69) is 0 Å². The summed E-state index contributed by atoms with van der Waals surface area (Å²) < 4.78 is 24.5. The zero-order valence-corrected chi connectivity index (χ0v) is 13.1. The second-order valence-electron chi connectivity index (χ2n) is 4.13. The molecule has 0 saturated carbocycles. The molecule has 0 bridgehead atoms. The molecular weight excluding hydrogens is 311 g/mol. The molecule has 0 radical (unpaired) electrons. The molecule has 0 N–H and O–H groups in total. The van der Waals surface area contributed by atoms with Gasteiger partial charge in [0.05, 0.1) is 22.0 Å². The number of benzene rings is 1. The molecule has 0 heterocycles. The highest BCUT2D eigenvalue weighted by Crippen LogP contribution is 2.33. The van der Waals surface area contributed by atoms with Crippen molar-refractivity contribution in [1.82, 2.24) is 4.90 Å². The summed E-state index contributed by atoms with van der Waals surface area (Å²) in [7, 11) is -0.555. The normalized spacial score (nSPS) is 11.2. The number of likely N-dealkylation sites (N-methyl/N-ethyl adjacent to an activating group) is 1. The number of carbonyl (C=O) groups excluding carboxylic acids is 1. The number of rotatable bonds is 4. The van der Waals surface area contributed by atoms with Gasteiger partial charge in [0.1, 0.15) is 6.54 Å². The maximum atomic E-state index is 11.8. The van der Waals surface area contributed by atoms with E-state index < -0.39 is 10.0 Å². The van der Waals surface area contributed by atoms with Crippen LogP contribution in [0, 0.1) is 0 Å². The molecule has 106 valence electrons. The molecule has 19 heavy (non-hydrogen) atoms. The van der Waals surface area contributed by atoms with E-state index in [0.29, 0.717) is 0 Å². The van der Waals surface area contributed by atoms with Gasteiger partial charge in [0.2, 0.25) is 15.9 Å². The summed E-state index contributed by atoms with van der Waals surface area (Å²) in [5.41, 5.74) is 0.187. The highest BCUT2D eigenvalue weighted by atomic mass is 35.5. The van der Waals surface area contributed by atoms with Gasteiger partial charge in [0.25, 0.3) is 0 Å². The average molecular weight is 325 g/mol. The molecule has 1 aromatic rings. The summed E-state index contributed by atoms with van der Waals surface area (Å²) in [5.74, 6) is -0.360. The Morgan fingerprint density at radius 3 is 2.32 bits per heavy atom. The van der Waals surface area contributed by atoms with Crippen molar-refractivity contribution in [2.45, 2.75) is 0 Å². The van der Waals surface area contributed by atoms with Crippen molar-refractivity contribution in [1.29, 1.82) is 0 Å². The minimum Gasteiger partial charge on any atom is -0.347 e. The van der Waals surface area contributed by atoms with Crippen molar-refractivity contribution in [2.75, 3.05) is 31.2 Å². The van der Waals surface area contributed by atoms with E-state index in [1.807, 2.05) is 0 Å². The SMILES string of the molecule is CN(C)C(=O)CN(c1cccc(Cl)c1Cl)S(C)(=O)=O. The lowest BCUT2D eigenvalue weighted by atomic mass is 10.3. The molecule has 0 aromatic heterocycles. The Kier molecular flexibility index (Phi) is 5.06. The third-order valence-electron chi connectivity index (χ3n) is 2.38. The predicted octanol–water partition coefficient (Wildman–Crippen LogP) is 1.85. The van der Waals surface area contributed by atoms with Crippen LogP contribution in [0.25, 0.3) is 0 Å². The third-order valence-corrected chi connectivity index (χ3v) is 4.31. The quantitative estimate of drug-likeness (QED) is 0.849. The number of halogens is 2. The van der Waals surface area contributed by atoms with Gasteiger partial charge in [-0.25, -0.2) is 8.42 Å². The number of carbonyl (C=O) groups is 1. The van der Waals surface area contributed by atoms with Gasteiger partial charge in [-0.1, -0.05) is 29.3 Å². The van der Waals surface area contributed by atoms with Crippen LogP contribution in [-0.2, 0) is 14.8 Å². The Morgan fingerprint density at radius 2 is 1.84 bits per heavy atom. The predicted molar refractivity (Wildman–Crippen MR) is 77.3 cm³/mol. The van der Waals surface area contributed by atoms with Crippen LogP contribution in [0.3, 0.4) is 0 Å². The smallest absolute Gasteiger partial charge is 0.242 e. The van der Waals surface area contributed by atoms with Gasteiger partial charge in [-0.15, -0.1) is 0 Å². The summed E-state index contributed by atoms with van der Waals surface area (Å²) in [6.45, 7) is -0.327. The first kappa shape index (κ1) is 16.1. The van der Waals surface area contributed by atoms with Crippen LogP contribution in [0.1, 0.15) is 0 Å². The number of anilines is 1. The van der Waals surface area contributed by atoms with Crippen LogP contribution in [0.15, 0.2) is 18.2 Å². The van der Waals surface area contributed by atoms with E-state index in [1.165, 1.54) is 11.0 Å². The first-order valence-electron chi connectivity index (χ1n) is 5.26. The Labute approximate surface area is 122 Å². The maximum absolute atomic E-state index is 11.8. The summed E-state index contributed by atoms with van der Waals surface area (Å²) >= 11 is 11.9. The Hall–Kier alpha value is -0.980. The van der Waals surface area contributed by atoms with Crippen molar-refractivity contribution in [3.8, 4) is 0 Å². The Bertz CT molecular complexity index is 588. The van der Waals surface area contributed by atoms with Gasteiger partial charge >= 0.3 is 0 Å². The van der Waals surface area contributed by atoms with Crippen LogP contribution in [0.4, 0.5) is 5.69 Å². The minimum atomic E-state index is -3.64. The standard InChI is InChI=1S/C11H14Cl2N2O3S/c1-14(2)10(16)7-15(19(3,17)18)9-6-4-5-8(12)11(9)13/h4-6H,7H2,1-3H3. The van der Waals surface area contributed by atoms with E-state index in [1.54, 1.807) is 26.2 Å². The monoisotopic (exact) mass is 324 g/mol. The lowest BCUT2D eigenvalue weighted by Gasteiger charge is -2.24. The molecule has 0 saturated heterocycles. The number of amides is 1. The van der Waals surface area contributed by atoms with Crippen LogP contribution in [-0.4, -0.2) is 46.1 Å². The third kappa shape index (κ3) is 3.99. The van der Waals surface area contributed by atoms with Crippen molar-refractivity contribution in [3.63, 3.8) is 0 Å². The van der Waals surface area contributed by atoms with Gasteiger partial charge in [-0.2, -0.15) is 0 Å². The molecule has 1 amide bonds. The molecule has 1 aromatic carbocycles. The summed E-state index contributed by atoms with van der Waals surface area (Å²) in [5, 5.41) is 0.325. The number of nitrogens with zero attached hydrogens (tertiary/aromatic N) is 2. The molecule has 0 aliphatic heterocycles. The molecule has 0 fully saturated rings. The minimum absolute atomic E-state index is 0.0983. The van der Waals surface area contributed by atoms with Crippen LogP contribution in [0.5, 0.6) is 0 Å². The van der Waals surface area contributed by atoms with Crippen LogP contribution < -0.4 is 4.31 Å². The largest absolute Gasteiger partial charge is 0.347 e. The lowest BCUT2D eigenvalue weighted by Crippen LogP contribution is -2.40. The highest BCUT2D eigenvalue weighted by Gasteiger charge is 2.24. The average Bonchev–Trinajstić information content (AvgIpc) is 2.28. The second kappa shape index (κ2) is 5.98. The molecule has 1 rings (SSSR count). The van der Waals surface area contributed by atoms with Gasteiger partial charge in [0, 0.05) is 14.1 Å². The van der Waals surface area contributed by atoms with Gasteiger partial charge < -0.3 is 4.90 Å². The zero-order valence-electron chi connectivity index (χ0n) is 10.7. The van der Waals surface area contributed by atoms with Crippen molar-refractivity contribution < 1.29 is 13.2 Å².